The van der Waals surface area contributed by atoms with Gasteiger partial charge in [0.25, 0.3) is 0 Å². The summed E-state index contributed by atoms with van der Waals surface area (Å²) < 4.78 is 42.4. The molecule has 6 nitrogen and oxygen atoms in total. The van der Waals surface area contributed by atoms with Crippen molar-refractivity contribution in [3.8, 4) is 0 Å². The first-order valence-corrected chi connectivity index (χ1v) is 7.56. The van der Waals surface area contributed by atoms with Crippen LogP contribution in [0.25, 0.3) is 5.65 Å². The van der Waals surface area contributed by atoms with Gasteiger partial charge in [-0.1, -0.05) is 24.3 Å². The maximum absolute atomic E-state index is 12.1. The molecule has 0 fully saturated rings. The van der Waals surface area contributed by atoms with Crippen molar-refractivity contribution in [2.45, 2.75) is 26.3 Å². The van der Waals surface area contributed by atoms with Gasteiger partial charge < -0.3 is 10.1 Å². The van der Waals surface area contributed by atoms with Gasteiger partial charge in [0.1, 0.15) is 18.2 Å². The number of anilines is 1. The van der Waals surface area contributed by atoms with Crippen LogP contribution in [0.15, 0.2) is 36.4 Å². The van der Waals surface area contributed by atoms with E-state index in [0.717, 1.165) is 5.56 Å². The molecule has 0 radical (unpaired) electrons. The third-order valence-electron chi connectivity index (χ3n) is 3.31. The molecule has 132 valence electrons. The number of hydrogen-bond donors (Lipinski definition) is 1. The summed E-state index contributed by atoms with van der Waals surface area (Å²) in [6, 6.07) is 10.8. The van der Waals surface area contributed by atoms with Crippen LogP contribution in [0.3, 0.4) is 0 Å². The molecule has 0 saturated heterocycles. The van der Waals surface area contributed by atoms with Gasteiger partial charge in [-0.25, -0.2) is 4.98 Å². The fraction of sp³-hybridized carbons (Fsp3) is 0.312. The highest BCUT2D eigenvalue weighted by atomic mass is 19.4. The van der Waals surface area contributed by atoms with E-state index in [4.69, 9.17) is 0 Å². The van der Waals surface area contributed by atoms with Crippen LogP contribution in [0, 0.1) is 6.92 Å². The van der Waals surface area contributed by atoms with Crippen LogP contribution in [0.2, 0.25) is 0 Å². The number of rotatable bonds is 6. The second-order valence-corrected chi connectivity index (χ2v) is 5.51. The predicted octanol–water partition coefficient (Wildman–Crippen LogP) is 3.12. The van der Waals surface area contributed by atoms with Crippen molar-refractivity contribution in [1.29, 1.82) is 0 Å². The first kappa shape index (κ1) is 17.2. The lowest BCUT2D eigenvalue weighted by Crippen LogP contribution is -2.16. The quantitative estimate of drug-likeness (QED) is 0.739. The van der Waals surface area contributed by atoms with Gasteiger partial charge in [-0.3, -0.25) is 0 Å². The number of aromatic nitrogens is 4. The van der Waals surface area contributed by atoms with Crippen LogP contribution < -0.4 is 5.32 Å². The number of nitrogens with zero attached hydrogens (tertiary/aromatic N) is 4. The van der Waals surface area contributed by atoms with E-state index in [0.29, 0.717) is 29.4 Å². The minimum absolute atomic E-state index is 0.0875. The molecule has 0 aliphatic heterocycles. The van der Waals surface area contributed by atoms with Crippen LogP contribution in [0.1, 0.15) is 17.0 Å². The molecule has 2 aromatic heterocycles. The first-order chi connectivity index (χ1) is 11.9. The third-order valence-corrected chi connectivity index (χ3v) is 3.31. The standard InChI is InChI=1S/C16H16F3N5O/c1-11-21-15-6-5-14(23-24(15)22-11)20-8-12-3-2-4-13(7-12)9-25-10-16(17,18)19/h2-7H,8-10H2,1H3,(H,20,23). The Labute approximate surface area is 141 Å². The van der Waals surface area contributed by atoms with Gasteiger partial charge >= 0.3 is 6.18 Å². The summed E-state index contributed by atoms with van der Waals surface area (Å²) in [5, 5.41) is 11.6. The number of ether oxygens (including phenoxy) is 1. The second-order valence-electron chi connectivity index (χ2n) is 5.51. The van der Waals surface area contributed by atoms with Gasteiger partial charge in [-0.2, -0.15) is 13.2 Å². The molecule has 3 aromatic rings. The number of nitrogens with one attached hydrogen (secondary N) is 1. The highest BCUT2D eigenvalue weighted by Gasteiger charge is 2.27. The lowest BCUT2D eigenvalue weighted by Gasteiger charge is -2.09. The molecule has 0 aliphatic carbocycles. The minimum Gasteiger partial charge on any atom is -0.367 e. The van der Waals surface area contributed by atoms with Crippen molar-refractivity contribution < 1.29 is 17.9 Å². The van der Waals surface area contributed by atoms with Crippen molar-refractivity contribution in [1.82, 2.24) is 19.8 Å². The van der Waals surface area contributed by atoms with Crippen LogP contribution >= 0.6 is 0 Å². The Morgan fingerprint density at radius 1 is 1.12 bits per heavy atom. The maximum atomic E-state index is 12.1. The van der Waals surface area contributed by atoms with E-state index < -0.39 is 12.8 Å². The van der Waals surface area contributed by atoms with Crippen molar-refractivity contribution >= 4 is 11.5 Å². The normalized spacial score (nSPS) is 11.8. The van der Waals surface area contributed by atoms with Crippen LogP contribution in [0.4, 0.5) is 19.0 Å². The van der Waals surface area contributed by atoms with E-state index in [2.05, 4.69) is 25.2 Å². The number of benzene rings is 1. The van der Waals surface area contributed by atoms with Crippen molar-refractivity contribution in [3.63, 3.8) is 0 Å². The lowest BCUT2D eigenvalue weighted by molar-refractivity contribution is -0.176. The van der Waals surface area contributed by atoms with E-state index >= 15 is 0 Å². The maximum Gasteiger partial charge on any atom is 0.411 e. The molecule has 3 rings (SSSR count). The summed E-state index contributed by atoms with van der Waals surface area (Å²) in [4.78, 5) is 4.20. The molecule has 0 amide bonds. The highest BCUT2D eigenvalue weighted by Crippen LogP contribution is 2.16. The molecule has 1 aromatic carbocycles. The molecule has 0 atom stereocenters. The Morgan fingerprint density at radius 2 is 1.92 bits per heavy atom. The van der Waals surface area contributed by atoms with Crippen LogP contribution in [-0.2, 0) is 17.9 Å². The van der Waals surface area contributed by atoms with Crippen molar-refractivity contribution in [2.24, 2.45) is 0 Å². The minimum atomic E-state index is -4.32. The van der Waals surface area contributed by atoms with Gasteiger partial charge in [0.15, 0.2) is 5.65 Å². The monoisotopic (exact) mass is 351 g/mol. The van der Waals surface area contributed by atoms with E-state index in [1.54, 1.807) is 37.3 Å². The zero-order valence-electron chi connectivity index (χ0n) is 13.4. The van der Waals surface area contributed by atoms with Gasteiger partial charge in [-0.15, -0.1) is 14.8 Å². The molecular weight excluding hydrogens is 335 g/mol. The van der Waals surface area contributed by atoms with E-state index in [1.165, 1.54) is 4.63 Å². The second kappa shape index (κ2) is 7.06. The van der Waals surface area contributed by atoms with Gasteiger partial charge in [0, 0.05) is 6.54 Å². The average molecular weight is 351 g/mol. The SMILES string of the molecule is Cc1nc2ccc(NCc3cccc(COCC(F)(F)F)c3)nn2n1. The fourth-order valence-corrected chi connectivity index (χ4v) is 2.29. The lowest BCUT2D eigenvalue weighted by atomic mass is 10.1. The predicted molar refractivity (Wildman–Crippen MR) is 85.0 cm³/mol. The Kier molecular flexibility index (Phi) is 4.84. The molecule has 25 heavy (non-hydrogen) atoms. The van der Waals surface area contributed by atoms with Gasteiger partial charge in [0.05, 0.1) is 6.61 Å². The summed E-state index contributed by atoms with van der Waals surface area (Å²) in [5.74, 6) is 1.26. The summed E-state index contributed by atoms with van der Waals surface area (Å²) in [6.07, 6.45) is -4.32. The zero-order valence-corrected chi connectivity index (χ0v) is 13.4. The average Bonchev–Trinajstić information content (AvgIpc) is 2.91. The van der Waals surface area contributed by atoms with Crippen molar-refractivity contribution in [2.75, 3.05) is 11.9 Å². The van der Waals surface area contributed by atoms with Crippen molar-refractivity contribution in [3.05, 3.63) is 53.3 Å². The van der Waals surface area contributed by atoms with E-state index in [1.807, 2.05) is 6.07 Å². The smallest absolute Gasteiger partial charge is 0.367 e. The Hall–Kier alpha value is -2.68. The number of aryl methyl sites for hydroxylation is 1. The highest BCUT2D eigenvalue weighted by molar-refractivity contribution is 5.43. The molecule has 0 spiro atoms. The zero-order chi connectivity index (χ0) is 17.9. The first-order valence-electron chi connectivity index (χ1n) is 7.56. The summed E-state index contributed by atoms with van der Waals surface area (Å²) >= 11 is 0. The topological polar surface area (TPSA) is 64.3 Å². The van der Waals surface area contributed by atoms with E-state index in [9.17, 15) is 13.2 Å². The molecule has 1 N–H and O–H groups in total. The van der Waals surface area contributed by atoms with E-state index in [-0.39, 0.29) is 6.61 Å². The fourth-order valence-electron chi connectivity index (χ4n) is 2.29. The molecule has 0 saturated carbocycles. The summed E-state index contributed by atoms with van der Waals surface area (Å²) in [5.41, 5.74) is 2.25. The largest absolute Gasteiger partial charge is 0.411 e. The Bertz CT molecular complexity index is 862. The Morgan fingerprint density at radius 3 is 2.72 bits per heavy atom. The molecular formula is C16H16F3N5O. The summed E-state index contributed by atoms with van der Waals surface area (Å²) in [7, 11) is 0. The molecule has 0 bridgehead atoms. The van der Waals surface area contributed by atoms with Gasteiger partial charge in [0.2, 0.25) is 0 Å². The molecule has 0 unspecified atom stereocenters. The Balaban J connectivity index is 1.59. The van der Waals surface area contributed by atoms with Crippen LogP contribution in [-0.4, -0.2) is 32.6 Å². The number of halogens is 3. The number of alkyl halides is 3. The number of fused-ring (bicyclic) bond motifs is 1. The summed E-state index contributed by atoms with van der Waals surface area (Å²) in [6.45, 7) is 0.917. The number of hydrogen-bond acceptors (Lipinski definition) is 5. The molecule has 9 heteroatoms. The van der Waals surface area contributed by atoms with Gasteiger partial charge in [-0.05, 0) is 30.2 Å². The molecule has 0 aliphatic rings. The molecule has 2 heterocycles. The third kappa shape index (κ3) is 4.90. The van der Waals surface area contributed by atoms with Crippen LogP contribution in [0.5, 0.6) is 0 Å².